The van der Waals surface area contributed by atoms with E-state index >= 15 is 0 Å². The van der Waals surface area contributed by atoms with Crippen LogP contribution in [0, 0.1) is 5.92 Å². The van der Waals surface area contributed by atoms with Crippen molar-refractivity contribution >= 4 is 23.5 Å². The molecule has 5 heteroatoms. The van der Waals surface area contributed by atoms with Gasteiger partial charge in [0.05, 0.1) is 5.92 Å². The number of carbonyl (C=O) groups is 2. The first-order valence-electron chi connectivity index (χ1n) is 6.39. The molecule has 1 amide bonds. The van der Waals surface area contributed by atoms with Crippen LogP contribution in [0.1, 0.15) is 30.6 Å². The highest BCUT2D eigenvalue weighted by Gasteiger charge is 2.21. The number of allylic oxidation sites excluding steroid dienone is 1. The Kier molecular flexibility index (Phi) is 6.81. The Morgan fingerprint density at radius 1 is 1.35 bits per heavy atom. The van der Waals surface area contributed by atoms with Crippen molar-refractivity contribution in [3.8, 4) is 0 Å². The van der Waals surface area contributed by atoms with Crippen LogP contribution in [0.2, 0.25) is 0 Å². The SMILES string of the molecule is CC=CN(OC(=O)C(C)CCCl)C(=O)c1ccccc1. The number of hydrogen-bond acceptors (Lipinski definition) is 3. The number of alkyl halides is 1. The van der Waals surface area contributed by atoms with Crippen molar-refractivity contribution in [2.45, 2.75) is 20.3 Å². The first-order chi connectivity index (χ1) is 9.60. The second kappa shape index (κ2) is 8.38. The molecule has 0 aliphatic rings. The van der Waals surface area contributed by atoms with Crippen molar-refractivity contribution in [2.75, 3.05) is 5.88 Å². The maximum absolute atomic E-state index is 12.2. The van der Waals surface area contributed by atoms with E-state index in [0.717, 1.165) is 5.06 Å². The smallest absolute Gasteiger partial charge is 0.333 e. The quantitative estimate of drug-likeness (QED) is 0.618. The van der Waals surface area contributed by atoms with Crippen molar-refractivity contribution in [1.29, 1.82) is 0 Å². The summed E-state index contributed by atoms with van der Waals surface area (Å²) in [4.78, 5) is 29.2. The van der Waals surface area contributed by atoms with E-state index in [1.54, 1.807) is 44.2 Å². The summed E-state index contributed by atoms with van der Waals surface area (Å²) in [6.45, 7) is 3.45. The average molecular weight is 296 g/mol. The van der Waals surface area contributed by atoms with Crippen LogP contribution in [-0.2, 0) is 9.63 Å². The second-order valence-electron chi connectivity index (χ2n) is 4.27. The molecule has 0 saturated carbocycles. The lowest BCUT2D eigenvalue weighted by molar-refractivity contribution is -0.174. The van der Waals surface area contributed by atoms with Gasteiger partial charge in [-0.25, -0.2) is 4.79 Å². The fraction of sp³-hybridized carbons (Fsp3) is 0.333. The number of benzene rings is 1. The van der Waals surface area contributed by atoms with Gasteiger partial charge in [-0.05, 0) is 25.5 Å². The van der Waals surface area contributed by atoms with Crippen LogP contribution in [0.4, 0.5) is 0 Å². The van der Waals surface area contributed by atoms with Gasteiger partial charge in [0.1, 0.15) is 0 Å². The lowest BCUT2D eigenvalue weighted by Crippen LogP contribution is -2.31. The summed E-state index contributed by atoms with van der Waals surface area (Å²) in [5, 5.41) is 0.947. The van der Waals surface area contributed by atoms with Crippen molar-refractivity contribution in [3.63, 3.8) is 0 Å². The first kappa shape index (κ1) is 16.2. The van der Waals surface area contributed by atoms with Crippen molar-refractivity contribution in [1.82, 2.24) is 5.06 Å². The number of rotatable bonds is 5. The van der Waals surface area contributed by atoms with E-state index in [1.165, 1.54) is 6.20 Å². The Bertz CT molecular complexity index is 473. The normalized spacial score (nSPS) is 12.2. The minimum atomic E-state index is -0.479. The molecule has 0 bridgehead atoms. The van der Waals surface area contributed by atoms with Gasteiger partial charge in [0, 0.05) is 17.6 Å². The van der Waals surface area contributed by atoms with Crippen molar-refractivity contribution in [2.24, 2.45) is 5.92 Å². The standard InChI is InChI=1S/C15H18ClNO3/c1-3-11-17(20-15(19)12(2)9-10-16)14(18)13-7-5-4-6-8-13/h3-8,11-12H,9-10H2,1-2H3. The van der Waals surface area contributed by atoms with Crippen LogP contribution in [0.3, 0.4) is 0 Å². The summed E-state index contributed by atoms with van der Waals surface area (Å²) in [6.07, 6.45) is 3.55. The molecule has 0 spiro atoms. The third kappa shape index (κ3) is 4.70. The molecule has 0 fully saturated rings. The molecule has 0 saturated heterocycles. The van der Waals surface area contributed by atoms with E-state index in [0.29, 0.717) is 17.9 Å². The van der Waals surface area contributed by atoms with E-state index in [2.05, 4.69) is 0 Å². The van der Waals surface area contributed by atoms with Gasteiger partial charge in [0.25, 0.3) is 5.91 Å². The Morgan fingerprint density at radius 3 is 2.55 bits per heavy atom. The van der Waals surface area contributed by atoms with Crippen LogP contribution in [-0.4, -0.2) is 22.8 Å². The zero-order valence-electron chi connectivity index (χ0n) is 11.6. The van der Waals surface area contributed by atoms with E-state index < -0.39 is 11.9 Å². The molecule has 0 radical (unpaired) electrons. The number of carbonyl (C=O) groups excluding carboxylic acids is 2. The summed E-state index contributed by atoms with van der Waals surface area (Å²) in [6, 6.07) is 8.63. The summed E-state index contributed by atoms with van der Waals surface area (Å²) in [7, 11) is 0. The zero-order valence-corrected chi connectivity index (χ0v) is 12.3. The fourth-order valence-corrected chi connectivity index (χ4v) is 1.78. The largest absolute Gasteiger partial charge is 0.335 e. The summed E-state index contributed by atoms with van der Waals surface area (Å²) < 4.78 is 0. The number of amides is 1. The third-order valence-electron chi connectivity index (χ3n) is 2.64. The van der Waals surface area contributed by atoms with E-state index in [9.17, 15) is 9.59 Å². The minimum Gasteiger partial charge on any atom is -0.333 e. The molecule has 1 atom stereocenters. The summed E-state index contributed by atoms with van der Waals surface area (Å²) in [5.41, 5.74) is 0.448. The Hall–Kier alpha value is -1.81. The molecular formula is C15H18ClNO3. The molecular weight excluding hydrogens is 278 g/mol. The number of hydroxylamine groups is 2. The van der Waals surface area contributed by atoms with Crippen molar-refractivity contribution in [3.05, 3.63) is 48.2 Å². The van der Waals surface area contributed by atoms with E-state index in [-0.39, 0.29) is 5.92 Å². The fourth-order valence-electron chi connectivity index (χ4n) is 1.45. The maximum Gasteiger partial charge on any atom is 0.335 e. The number of halogens is 1. The monoisotopic (exact) mass is 295 g/mol. The Labute approximate surface area is 123 Å². The molecule has 0 N–H and O–H groups in total. The van der Waals surface area contributed by atoms with Crippen molar-refractivity contribution < 1.29 is 14.4 Å². The molecule has 1 aromatic carbocycles. The summed E-state index contributed by atoms with van der Waals surface area (Å²) >= 11 is 5.59. The molecule has 0 aromatic heterocycles. The molecule has 108 valence electrons. The van der Waals surface area contributed by atoms with Crippen LogP contribution in [0.15, 0.2) is 42.6 Å². The predicted octanol–water partition coefficient (Wildman–Crippen LogP) is 3.39. The zero-order chi connectivity index (χ0) is 15.0. The van der Waals surface area contributed by atoms with E-state index in [1.807, 2.05) is 6.07 Å². The molecule has 20 heavy (non-hydrogen) atoms. The van der Waals surface area contributed by atoms with Gasteiger partial charge in [-0.2, -0.15) is 0 Å². The lowest BCUT2D eigenvalue weighted by Gasteiger charge is -2.19. The van der Waals surface area contributed by atoms with Crippen LogP contribution >= 0.6 is 11.6 Å². The predicted molar refractivity (Wildman–Crippen MR) is 78.0 cm³/mol. The molecule has 1 unspecified atom stereocenters. The van der Waals surface area contributed by atoms with Crippen LogP contribution in [0.5, 0.6) is 0 Å². The first-order valence-corrected chi connectivity index (χ1v) is 6.92. The van der Waals surface area contributed by atoms with Gasteiger partial charge in [-0.3, -0.25) is 4.79 Å². The second-order valence-corrected chi connectivity index (χ2v) is 4.65. The molecule has 1 aromatic rings. The topological polar surface area (TPSA) is 46.6 Å². The van der Waals surface area contributed by atoms with E-state index in [4.69, 9.17) is 16.4 Å². The highest BCUT2D eigenvalue weighted by molar-refractivity contribution is 6.17. The maximum atomic E-state index is 12.2. The average Bonchev–Trinajstić information content (AvgIpc) is 2.47. The van der Waals surface area contributed by atoms with Gasteiger partial charge in [0.2, 0.25) is 0 Å². The molecule has 0 aliphatic carbocycles. The number of nitrogens with zero attached hydrogens (tertiary/aromatic N) is 1. The highest BCUT2D eigenvalue weighted by atomic mass is 35.5. The molecule has 0 heterocycles. The molecule has 0 aliphatic heterocycles. The van der Waals surface area contributed by atoms with Gasteiger partial charge in [0.15, 0.2) is 0 Å². The van der Waals surface area contributed by atoms with Gasteiger partial charge >= 0.3 is 5.97 Å². The van der Waals surface area contributed by atoms with Gasteiger partial charge in [-0.15, -0.1) is 16.7 Å². The number of hydrogen-bond donors (Lipinski definition) is 0. The van der Waals surface area contributed by atoms with Gasteiger partial charge < -0.3 is 4.84 Å². The van der Waals surface area contributed by atoms with Crippen LogP contribution < -0.4 is 0 Å². The van der Waals surface area contributed by atoms with Crippen LogP contribution in [0.25, 0.3) is 0 Å². The third-order valence-corrected chi connectivity index (χ3v) is 2.86. The highest BCUT2D eigenvalue weighted by Crippen LogP contribution is 2.11. The molecule has 1 rings (SSSR count). The Morgan fingerprint density at radius 2 is 2.00 bits per heavy atom. The molecule has 4 nitrogen and oxygen atoms in total. The Balaban J connectivity index is 2.79. The summed E-state index contributed by atoms with van der Waals surface area (Å²) in [5.74, 6) is -0.862. The minimum absolute atomic E-state index is 0.358. The lowest BCUT2D eigenvalue weighted by atomic mass is 10.1. The van der Waals surface area contributed by atoms with Gasteiger partial charge in [-0.1, -0.05) is 31.2 Å².